The second kappa shape index (κ2) is 8.22. The number of amidine groups is 1. The first kappa shape index (κ1) is 20.4. The van der Waals surface area contributed by atoms with Crippen LogP contribution in [0.2, 0.25) is 0 Å². The van der Waals surface area contributed by atoms with E-state index in [0.717, 1.165) is 21.7 Å². The molecule has 2 aromatic rings. The SMILES string of the molecule is CC(N)=Nc1ccc(NC(=O)CN(c2ccc(C)c(C)c2)S(C)(=O)=O)cc1. The molecule has 2 aromatic carbocycles. The molecule has 0 radical (unpaired) electrons. The van der Waals surface area contributed by atoms with Crippen LogP contribution in [0, 0.1) is 13.8 Å². The summed E-state index contributed by atoms with van der Waals surface area (Å²) in [6.07, 6.45) is 1.08. The zero-order valence-corrected chi connectivity index (χ0v) is 16.7. The molecule has 7 nitrogen and oxygen atoms in total. The van der Waals surface area contributed by atoms with Gasteiger partial charge in [0, 0.05) is 5.69 Å². The second-order valence-corrected chi connectivity index (χ2v) is 8.29. The van der Waals surface area contributed by atoms with E-state index in [0.29, 0.717) is 22.9 Å². The lowest BCUT2D eigenvalue weighted by Gasteiger charge is -2.22. The summed E-state index contributed by atoms with van der Waals surface area (Å²) in [5.74, 6) is -0.00567. The Morgan fingerprint density at radius 2 is 1.74 bits per heavy atom. The van der Waals surface area contributed by atoms with Crippen LogP contribution in [-0.2, 0) is 14.8 Å². The molecule has 0 heterocycles. The molecular weight excluding hydrogens is 364 g/mol. The zero-order valence-electron chi connectivity index (χ0n) is 15.9. The van der Waals surface area contributed by atoms with Crippen molar-refractivity contribution in [2.75, 3.05) is 22.4 Å². The summed E-state index contributed by atoms with van der Waals surface area (Å²) in [6.45, 7) is 5.20. The van der Waals surface area contributed by atoms with Crippen LogP contribution < -0.4 is 15.4 Å². The van der Waals surface area contributed by atoms with Crippen LogP contribution in [0.5, 0.6) is 0 Å². The van der Waals surface area contributed by atoms with Gasteiger partial charge >= 0.3 is 0 Å². The minimum Gasteiger partial charge on any atom is -0.387 e. The molecule has 3 N–H and O–H groups in total. The van der Waals surface area contributed by atoms with E-state index in [1.54, 1.807) is 43.3 Å². The van der Waals surface area contributed by atoms with Crippen molar-refractivity contribution in [2.45, 2.75) is 20.8 Å². The fourth-order valence-corrected chi connectivity index (χ4v) is 3.28. The Hall–Kier alpha value is -2.87. The monoisotopic (exact) mass is 388 g/mol. The number of sulfonamides is 1. The number of carbonyl (C=O) groups excluding carboxylic acids is 1. The zero-order chi connectivity index (χ0) is 20.2. The fourth-order valence-electron chi connectivity index (χ4n) is 2.43. The average Bonchev–Trinajstić information content (AvgIpc) is 2.56. The van der Waals surface area contributed by atoms with E-state index in [1.807, 2.05) is 19.9 Å². The number of anilines is 2. The maximum absolute atomic E-state index is 12.4. The molecule has 8 heteroatoms. The van der Waals surface area contributed by atoms with Crippen LogP contribution in [0.3, 0.4) is 0 Å². The first-order valence-electron chi connectivity index (χ1n) is 8.32. The number of carbonyl (C=O) groups is 1. The maximum Gasteiger partial charge on any atom is 0.245 e. The minimum atomic E-state index is -3.61. The van der Waals surface area contributed by atoms with Crippen molar-refractivity contribution >= 4 is 38.8 Å². The molecule has 27 heavy (non-hydrogen) atoms. The molecule has 0 aromatic heterocycles. The molecule has 0 aliphatic carbocycles. The van der Waals surface area contributed by atoms with Gasteiger partial charge in [0.25, 0.3) is 0 Å². The summed E-state index contributed by atoms with van der Waals surface area (Å²) < 4.78 is 25.5. The van der Waals surface area contributed by atoms with Crippen LogP contribution in [-0.4, -0.2) is 33.0 Å². The summed E-state index contributed by atoms with van der Waals surface area (Å²) in [5, 5.41) is 2.70. The standard InChI is InChI=1S/C19H24N4O3S/c1-13-5-10-18(11-14(13)2)23(27(4,25)26)12-19(24)22-17-8-6-16(7-9-17)21-15(3)20/h5-11H,12H2,1-4H3,(H2,20,21)(H,22,24). The Labute approximate surface area is 160 Å². The first-order valence-corrected chi connectivity index (χ1v) is 10.2. The number of nitrogens with zero attached hydrogens (tertiary/aromatic N) is 2. The molecular formula is C19H24N4O3S. The summed E-state index contributed by atoms with van der Waals surface area (Å²) in [7, 11) is -3.61. The molecule has 0 saturated carbocycles. The lowest BCUT2D eigenvalue weighted by Crippen LogP contribution is -2.37. The summed E-state index contributed by atoms with van der Waals surface area (Å²) >= 11 is 0. The van der Waals surface area contributed by atoms with Gasteiger partial charge in [0.15, 0.2) is 0 Å². The van der Waals surface area contributed by atoms with Crippen LogP contribution >= 0.6 is 0 Å². The van der Waals surface area contributed by atoms with E-state index >= 15 is 0 Å². The van der Waals surface area contributed by atoms with E-state index < -0.39 is 15.9 Å². The molecule has 0 spiro atoms. The van der Waals surface area contributed by atoms with Crippen LogP contribution in [0.25, 0.3) is 0 Å². The molecule has 0 unspecified atom stereocenters. The summed E-state index contributed by atoms with van der Waals surface area (Å²) in [6, 6.07) is 12.1. The highest BCUT2D eigenvalue weighted by Crippen LogP contribution is 2.22. The fraction of sp³-hybridized carbons (Fsp3) is 0.263. The highest BCUT2D eigenvalue weighted by Gasteiger charge is 2.21. The Morgan fingerprint density at radius 1 is 1.11 bits per heavy atom. The van der Waals surface area contributed by atoms with Crippen LogP contribution in [0.15, 0.2) is 47.5 Å². The molecule has 1 amide bonds. The Kier molecular flexibility index (Phi) is 6.22. The Morgan fingerprint density at radius 3 is 2.26 bits per heavy atom. The molecule has 0 saturated heterocycles. The van der Waals surface area contributed by atoms with Crippen LogP contribution in [0.1, 0.15) is 18.1 Å². The van der Waals surface area contributed by atoms with E-state index in [4.69, 9.17) is 5.73 Å². The molecule has 144 valence electrons. The predicted molar refractivity (Wildman–Crippen MR) is 110 cm³/mol. The third kappa shape index (κ3) is 5.82. The normalized spacial score (nSPS) is 11.9. The Bertz CT molecular complexity index is 963. The van der Waals surface area contributed by atoms with Gasteiger partial charge in [-0.25, -0.2) is 13.4 Å². The number of hydrogen-bond donors (Lipinski definition) is 2. The molecule has 0 fully saturated rings. The van der Waals surface area contributed by atoms with Crippen molar-refractivity contribution in [2.24, 2.45) is 10.7 Å². The minimum absolute atomic E-state index is 0.316. The Balaban J connectivity index is 2.17. The number of aryl methyl sites for hydroxylation is 2. The number of rotatable bonds is 6. The average molecular weight is 388 g/mol. The topological polar surface area (TPSA) is 105 Å². The van der Waals surface area contributed by atoms with Gasteiger partial charge in [0.05, 0.1) is 23.5 Å². The highest BCUT2D eigenvalue weighted by molar-refractivity contribution is 7.92. The number of nitrogens with two attached hydrogens (primary N) is 1. The van der Waals surface area contributed by atoms with Crippen molar-refractivity contribution in [3.63, 3.8) is 0 Å². The van der Waals surface area contributed by atoms with Gasteiger partial charge in [-0.3, -0.25) is 9.10 Å². The van der Waals surface area contributed by atoms with E-state index in [9.17, 15) is 13.2 Å². The van der Waals surface area contributed by atoms with Gasteiger partial charge < -0.3 is 11.1 Å². The van der Waals surface area contributed by atoms with Crippen molar-refractivity contribution < 1.29 is 13.2 Å². The van der Waals surface area contributed by atoms with E-state index in [2.05, 4.69) is 10.3 Å². The lowest BCUT2D eigenvalue weighted by atomic mass is 10.1. The molecule has 2 rings (SSSR count). The molecule has 0 aliphatic heterocycles. The van der Waals surface area contributed by atoms with E-state index in [1.165, 1.54) is 0 Å². The van der Waals surface area contributed by atoms with Gasteiger partial charge in [-0.05, 0) is 68.3 Å². The quantitative estimate of drug-likeness (QED) is 0.586. The number of aliphatic imine (C=N–C) groups is 1. The largest absolute Gasteiger partial charge is 0.387 e. The number of amides is 1. The summed E-state index contributed by atoms with van der Waals surface area (Å²) in [5.41, 5.74) is 9.20. The number of nitrogens with one attached hydrogen (secondary N) is 1. The third-order valence-corrected chi connectivity index (χ3v) is 5.06. The van der Waals surface area contributed by atoms with Gasteiger partial charge in [-0.15, -0.1) is 0 Å². The van der Waals surface area contributed by atoms with E-state index in [-0.39, 0.29) is 6.54 Å². The van der Waals surface area contributed by atoms with Crippen molar-refractivity contribution in [1.82, 2.24) is 0 Å². The summed E-state index contributed by atoms with van der Waals surface area (Å²) in [4.78, 5) is 16.5. The lowest BCUT2D eigenvalue weighted by molar-refractivity contribution is -0.114. The van der Waals surface area contributed by atoms with Crippen molar-refractivity contribution in [3.8, 4) is 0 Å². The van der Waals surface area contributed by atoms with Crippen molar-refractivity contribution in [1.29, 1.82) is 0 Å². The number of hydrogen-bond acceptors (Lipinski definition) is 4. The first-order chi connectivity index (χ1) is 12.6. The van der Waals surface area contributed by atoms with Crippen LogP contribution in [0.4, 0.5) is 17.1 Å². The van der Waals surface area contributed by atoms with Crippen molar-refractivity contribution in [3.05, 3.63) is 53.6 Å². The van der Waals surface area contributed by atoms with Gasteiger partial charge in [-0.2, -0.15) is 0 Å². The number of benzene rings is 2. The molecule has 0 aliphatic rings. The highest BCUT2D eigenvalue weighted by atomic mass is 32.2. The van der Waals surface area contributed by atoms with Gasteiger partial charge in [0.2, 0.25) is 15.9 Å². The third-order valence-electron chi connectivity index (χ3n) is 3.92. The van der Waals surface area contributed by atoms with Gasteiger partial charge in [0.1, 0.15) is 6.54 Å². The molecule has 0 atom stereocenters. The molecule has 0 bridgehead atoms. The second-order valence-electron chi connectivity index (χ2n) is 6.39. The predicted octanol–water partition coefficient (Wildman–Crippen LogP) is 2.72. The maximum atomic E-state index is 12.4. The van der Waals surface area contributed by atoms with Gasteiger partial charge in [-0.1, -0.05) is 6.07 Å². The smallest absolute Gasteiger partial charge is 0.245 e.